The summed E-state index contributed by atoms with van der Waals surface area (Å²) in [5, 5.41) is 113. The van der Waals surface area contributed by atoms with E-state index in [0.29, 0.717) is 25.7 Å². The number of aliphatic hydroxyl groups excluding tert-OH is 9. The highest BCUT2D eigenvalue weighted by Crippen LogP contribution is 2.58. The van der Waals surface area contributed by atoms with Crippen molar-refractivity contribution in [2.24, 2.45) is 5.92 Å². The Bertz CT molecular complexity index is 2430. The van der Waals surface area contributed by atoms with E-state index in [0.717, 1.165) is 0 Å². The summed E-state index contributed by atoms with van der Waals surface area (Å²) in [5.74, 6) is -3.94. The second kappa shape index (κ2) is 41.6. The van der Waals surface area contributed by atoms with Crippen molar-refractivity contribution in [3.8, 4) is 0 Å². The lowest BCUT2D eigenvalue weighted by Crippen LogP contribution is -2.64. The van der Waals surface area contributed by atoms with Crippen molar-refractivity contribution in [1.29, 1.82) is 0 Å². The summed E-state index contributed by atoms with van der Waals surface area (Å²) < 4.78 is 75.3. The number of carbonyl (C=O) groups is 7. The van der Waals surface area contributed by atoms with Gasteiger partial charge < -0.3 is 135 Å². The first-order valence-corrected chi connectivity index (χ1v) is 34.8. The molecular weight excluding hydrogens is 1310 g/mol. The maximum atomic E-state index is 13.9. The van der Waals surface area contributed by atoms with Crippen molar-refractivity contribution in [3.63, 3.8) is 0 Å². The highest BCUT2D eigenvalue weighted by molar-refractivity contribution is 8.46. The molecule has 0 aromatic heterocycles. The number of ether oxygens (including phenoxy) is 10. The highest BCUT2D eigenvalue weighted by Gasteiger charge is 2.50. The predicted octanol–water partition coefficient (Wildman–Crippen LogP) is -6.90. The Balaban J connectivity index is 1.16. The topological polar surface area (TPSA) is 520 Å². The van der Waals surface area contributed by atoms with E-state index >= 15 is 0 Å². The molecule has 5 fully saturated rings. The Morgan fingerprint density at radius 3 is 1.27 bits per heavy atom. The minimum Gasteiger partial charge on any atom is -0.394 e. The van der Waals surface area contributed by atoms with Crippen LogP contribution in [-0.4, -0.2) is 314 Å². The predicted molar refractivity (Wildman–Crippen MR) is 330 cm³/mol. The van der Waals surface area contributed by atoms with Crippen LogP contribution in [0, 0.1) is 5.92 Å². The molecule has 1 aliphatic carbocycles. The molecule has 548 valence electrons. The normalized spacial score (nSPS) is 32.0. The van der Waals surface area contributed by atoms with Gasteiger partial charge in [-0.05, 0) is 44.4 Å². The minimum absolute atomic E-state index is 0.00182. The minimum atomic E-state index is -3.11. The first kappa shape index (κ1) is 81.7. The van der Waals surface area contributed by atoms with Gasteiger partial charge in [0.1, 0.15) is 91.4 Å². The molecule has 0 radical (unpaired) electrons. The van der Waals surface area contributed by atoms with Gasteiger partial charge in [-0.3, -0.25) is 43.4 Å². The second-order valence-corrected chi connectivity index (χ2v) is 28.0. The van der Waals surface area contributed by atoms with Crippen molar-refractivity contribution in [3.05, 3.63) is 0 Å². The van der Waals surface area contributed by atoms with Crippen molar-refractivity contribution in [2.75, 3.05) is 98.9 Å². The Hall–Kier alpha value is -3.97. The van der Waals surface area contributed by atoms with E-state index in [9.17, 15) is 84.1 Å². The zero-order chi connectivity index (χ0) is 69.9. The van der Waals surface area contributed by atoms with Gasteiger partial charge in [0, 0.05) is 58.9 Å². The van der Waals surface area contributed by atoms with Crippen LogP contribution >= 0.6 is 18.8 Å². The van der Waals surface area contributed by atoms with E-state index in [1.54, 1.807) is 13.8 Å². The number of rotatable bonds is 42. The maximum absolute atomic E-state index is 13.9. The van der Waals surface area contributed by atoms with E-state index in [1.165, 1.54) is 20.8 Å². The third kappa shape index (κ3) is 26.9. The molecule has 95 heavy (non-hydrogen) atoms. The number of hydrogen-bond acceptors (Lipinski definition) is 29. The number of thiol groups is 1. The second-order valence-electron chi connectivity index (χ2n) is 23.9. The molecule has 17 N–H and O–H groups in total. The molecule has 0 aromatic carbocycles. The Kier molecular flexibility index (Phi) is 35.7. The van der Waals surface area contributed by atoms with Gasteiger partial charge >= 0.3 is 0 Å². The molecule has 5 rings (SSSR count). The molecule has 19 unspecified atom stereocenters. The van der Waals surface area contributed by atoms with Gasteiger partial charge in [0.15, 0.2) is 18.9 Å². The lowest BCUT2D eigenvalue weighted by molar-refractivity contribution is -0.272. The molecule has 0 aromatic rings. The van der Waals surface area contributed by atoms with Gasteiger partial charge in [-0.2, -0.15) is 0 Å². The van der Waals surface area contributed by atoms with Gasteiger partial charge in [0.2, 0.25) is 41.4 Å². The summed E-state index contributed by atoms with van der Waals surface area (Å²) in [6.45, 7) is 1.29. The van der Waals surface area contributed by atoms with Gasteiger partial charge in [-0.1, -0.05) is 26.1 Å². The van der Waals surface area contributed by atoms with Crippen LogP contribution < -0.4 is 42.5 Å². The van der Waals surface area contributed by atoms with Crippen LogP contribution in [0.4, 0.5) is 0 Å². The average molecular weight is 1410 g/mol. The fraction of sp³-hybridized carbons (Fsp3) is 0.877. The summed E-state index contributed by atoms with van der Waals surface area (Å²) in [6.07, 6.45) is -15.8. The molecule has 1 saturated carbocycles. The summed E-state index contributed by atoms with van der Waals surface area (Å²) >= 11 is 4.29. The molecule has 0 spiro atoms. The molecule has 20 atom stereocenters. The monoisotopic (exact) mass is 1410 g/mol. The smallest absolute Gasteiger partial charge is 0.257 e. The molecule has 7 amide bonds. The Morgan fingerprint density at radius 2 is 0.884 bits per heavy atom. The largest absolute Gasteiger partial charge is 0.394 e. The van der Waals surface area contributed by atoms with Crippen molar-refractivity contribution < 1.29 is 136 Å². The summed E-state index contributed by atoms with van der Waals surface area (Å²) in [4.78, 5) is 90.2. The molecule has 0 bridgehead atoms. The number of carbonyl (C=O) groups excluding carboxylic acids is 7. The molecule has 4 aliphatic heterocycles. The van der Waals surface area contributed by atoms with Gasteiger partial charge in [0.25, 0.3) is 6.57 Å². The lowest BCUT2D eigenvalue weighted by Gasteiger charge is -2.42. The molecule has 38 heteroatoms. The first-order valence-electron chi connectivity index (χ1n) is 32.0. The SMILES string of the molecule is CC(=O)NC1C(OCCOCCNC(=O)CCC(NC(=O)CCC(NC2O[C@@H]2C2CCC(OP(=O)(S)C(C)C)CC2)C(=O)NCCOCCOC2OC(CO)C(O)C(O)C2NC(C)=O)C(=O)NCCOCCOC2OC(CO)C(O)C(O)C2NC(C)=O)OC(CO)C(O)C1O. The number of nitrogens with one attached hydrogen (secondary N) is 8. The van der Waals surface area contributed by atoms with Crippen molar-refractivity contribution in [1.82, 2.24) is 42.5 Å². The Morgan fingerprint density at radius 1 is 0.505 bits per heavy atom. The highest BCUT2D eigenvalue weighted by atomic mass is 32.7. The number of amides is 7. The fourth-order valence-corrected chi connectivity index (χ4v) is 12.2. The van der Waals surface area contributed by atoms with Crippen LogP contribution in [-0.2, 0) is 90.0 Å². The molecule has 36 nitrogen and oxygen atoms in total. The Labute approximate surface area is 555 Å². The zero-order valence-electron chi connectivity index (χ0n) is 54.1. The zero-order valence-corrected chi connectivity index (χ0v) is 55.9. The summed E-state index contributed by atoms with van der Waals surface area (Å²) in [5.41, 5.74) is -0.264. The average Bonchev–Trinajstić information content (AvgIpc) is 1.77. The van der Waals surface area contributed by atoms with Gasteiger partial charge in [-0.15, -0.1) is 0 Å². The van der Waals surface area contributed by atoms with Crippen LogP contribution in [0.1, 0.15) is 86.0 Å². The number of epoxide rings is 1. The molecule has 5 aliphatic rings. The van der Waals surface area contributed by atoms with Crippen LogP contribution in [0.15, 0.2) is 0 Å². The summed E-state index contributed by atoms with van der Waals surface area (Å²) in [6, 6.07) is -5.83. The van der Waals surface area contributed by atoms with Crippen LogP contribution in [0.5, 0.6) is 0 Å². The van der Waals surface area contributed by atoms with Crippen molar-refractivity contribution in [2.45, 2.75) is 214 Å². The van der Waals surface area contributed by atoms with Gasteiger partial charge in [0.05, 0.1) is 91.4 Å². The van der Waals surface area contributed by atoms with E-state index in [-0.39, 0.29) is 129 Å². The quantitative estimate of drug-likeness (QED) is 0.0117. The number of hydrogen-bond donors (Lipinski definition) is 18. The molecule has 4 heterocycles. The van der Waals surface area contributed by atoms with Crippen LogP contribution in [0.25, 0.3) is 0 Å². The lowest BCUT2D eigenvalue weighted by atomic mass is 9.85. The van der Waals surface area contributed by atoms with Crippen LogP contribution in [0.2, 0.25) is 0 Å². The maximum Gasteiger partial charge on any atom is 0.257 e. The van der Waals surface area contributed by atoms with Crippen LogP contribution in [0.3, 0.4) is 0 Å². The number of aliphatic hydroxyl groups is 9. The third-order valence-corrected chi connectivity index (χ3v) is 19.8. The van der Waals surface area contributed by atoms with E-state index in [4.69, 9.17) is 51.9 Å². The van der Waals surface area contributed by atoms with Gasteiger partial charge in [-0.25, -0.2) is 0 Å². The van der Waals surface area contributed by atoms with E-state index < -0.39 is 178 Å². The van der Waals surface area contributed by atoms with E-state index in [2.05, 4.69) is 54.8 Å². The molecule has 4 saturated heterocycles. The molecular formula is C57H101N8O28PS. The van der Waals surface area contributed by atoms with Crippen molar-refractivity contribution >= 4 is 60.2 Å². The fourth-order valence-electron chi connectivity index (χ4n) is 11.0. The third-order valence-electron chi connectivity index (χ3n) is 16.3. The first-order chi connectivity index (χ1) is 45.2. The van der Waals surface area contributed by atoms with E-state index in [1.807, 2.05) is 0 Å². The summed E-state index contributed by atoms with van der Waals surface area (Å²) in [7, 11) is 0. The standard InChI is InChI=1S/C57H101N8O28PS/c1-29(2)94(82,95)93-34-8-6-33(7-9-34)51-54(92-51)65-36(53(81)60-16-19-85-22-25-88-57-44(63-32(5)71)50(79)47(76)39(28-68)91-57)11-13-41(73)64-35(52(80)59-15-18-84-21-24-87-56-43(62-31(4)70)49(78)46(75)38(27-67)90-56)10-12-40(72)58-14-17-83-20-23-86-55-42(61-30(3)69)48(77)45(74)37(26-66)89-55/h29,33-39,42-51,54-57,65-68,74-79H,6-28H2,1-5H3,(H,58,72)(H,59,80)(H,60,81)(H,61,69)(H,62,70)(H,63,71)(H,64,73)(H,82,95)/t33?,34?,35?,36?,37?,38?,39?,42?,43?,44?,45?,46?,47?,48?,49?,50?,51-,54?,55?,56?,57?,94?/m1/s1.